The molecule has 0 bridgehead atoms. The number of aromatic nitrogens is 2. The molecule has 2 aliphatic heterocycles. The lowest BCUT2D eigenvalue weighted by atomic mass is 10.1. The fraction of sp³-hybridized carbons (Fsp3) is 0.550. The Morgan fingerprint density at radius 2 is 1.96 bits per heavy atom. The minimum absolute atomic E-state index is 0.106. The van der Waals surface area contributed by atoms with Crippen molar-refractivity contribution in [3.8, 4) is 0 Å². The molecule has 2 saturated heterocycles. The number of hydrogen-bond acceptors (Lipinski definition) is 4. The molecule has 2 amide bonds. The van der Waals surface area contributed by atoms with Crippen molar-refractivity contribution in [3.63, 3.8) is 0 Å². The molecule has 142 valence electrons. The first-order chi connectivity index (χ1) is 13.1. The van der Waals surface area contributed by atoms with Crippen LogP contribution in [0.15, 0.2) is 12.1 Å². The van der Waals surface area contributed by atoms with Crippen LogP contribution in [-0.2, 0) is 11.8 Å². The summed E-state index contributed by atoms with van der Waals surface area (Å²) in [4.78, 5) is 33.5. The summed E-state index contributed by atoms with van der Waals surface area (Å²) in [5, 5.41) is 2.77. The third-order valence-electron chi connectivity index (χ3n) is 6.00. The van der Waals surface area contributed by atoms with Gasteiger partial charge >= 0.3 is 0 Å². The van der Waals surface area contributed by atoms with Crippen molar-refractivity contribution in [1.29, 1.82) is 0 Å². The highest BCUT2D eigenvalue weighted by Crippen LogP contribution is 2.43. The highest BCUT2D eigenvalue weighted by Gasteiger charge is 2.30. The van der Waals surface area contributed by atoms with E-state index >= 15 is 0 Å². The fourth-order valence-electron chi connectivity index (χ4n) is 4.29. The third-order valence-corrected chi connectivity index (χ3v) is 6.00. The zero-order chi connectivity index (χ0) is 18.5. The standard InChI is InChI=1S/C20H25N5O2/c1-23-15-10-14(13-4-5-13)11-16(24-7-2-3-8-24)18(15)22-19(23)20(27)25-9-6-21-17(26)12-25/h10-11,13H,2-9,12H2,1H3,(H,21,26). The van der Waals surface area contributed by atoms with Gasteiger partial charge in [-0.2, -0.15) is 0 Å². The molecule has 0 spiro atoms. The summed E-state index contributed by atoms with van der Waals surface area (Å²) in [6.07, 6.45) is 4.91. The van der Waals surface area contributed by atoms with Crippen LogP contribution in [0.1, 0.15) is 47.8 Å². The summed E-state index contributed by atoms with van der Waals surface area (Å²) in [6.45, 7) is 3.23. The molecular weight excluding hydrogens is 342 g/mol. The van der Waals surface area contributed by atoms with E-state index in [1.54, 1.807) is 4.90 Å². The number of anilines is 1. The third kappa shape index (κ3) is 2.85. The molecule has 7 nitrogen and oxygen atoms in total. The smallest absolute Gasteiger partial charge is 0.290 e. The minimum Gasteiger partial charge on any atom is -0.370 e. The summed E-state index contributed by atoms with van der Waals surface area (Å²) >= 11 is 0. The molecule has 5 rings (SSSR count). The SMILES string of the molecule is Cn1c(C(=O)N2CCNC(=O)C2)nc2c(N3CCCC3)cc(C3CC3)cc21. The molecule has 1 aromatic heterocycles. The molecule has 0 atom stereocenters. The van der Waals surface area contributed by atoms with E-state index in [2.05, 4.69) is 22.3 Å². The highest BCUT2D eigenvalue weighted by molar-refractivity contribution is 6.00. The quantitative estimate of drug-likeness (QED) is 0.895. The number of carbonyl (C=O) groups is 2. The molecule has 27 heavy (non-hydrogen) atoms. The van der Waals surface area contributed by atoms with Crippen LogP contribution in [0.2, 0.25) is 0 Å². The van der Waals surface area contributed by atoms with Crippen LogP contribution in [0.4, 0.5) is 5.69 Å². The van der Waals surface area contributed by atoms with Gasteiger partial charge in [0.2, 0.25) is 5.91 Å². The molecule has 1 saturated carbocycles. The maximum atomic E-state index is 13.0. The molecule has 0 radical (unpaired) electrons. The zero-order valence-electron chi connectivity index (χ0n) is 15.7. The fourth-order valence-corrected chi connectivity index (χ4v) is 4.29. The maximum absolute atomic E-state index is 13.0. The minimum atomic E-state index is -0.163. The maximum Gasteiger partial charge on any atom is 0.290 e. The first-order valence-corrected chi connectivity index (χ1v) is 9.93. The van der Waals surface area contributed by atoms with Gasteiger partial charge in [0, 0.05) is 33.2 Å². The van der Waals surface area contributed by atoms with Gasteiger partial charge in [0.25, 0.3) is 5.91 Å². The Morgan fingerprint density at radius 3 is 2.67 bits per heavy atom. The predicted molar refractivity (Wildman–Crippen MR) is 103 cm³/mol. The van der Waals surface area contributed by atoms with E-state index < -0.39 is 0 Å². The molecule has 0 unspecified atom stereocenters. The van der Waals surface area contributed by atoms with Crippen LogP contribution in [0.3, 0.4) is 0 Å². The first-order valence-electron chi connectivity index (χ1n) is 9.93. The van der Waals surface area contributed by atoms with Crippen LogP contribution in [0.25, 0.3) is 11.0 Å². The topological polar surface area (TPSA) is 70.5 Å². The van der Waals surface area contributed by atoms with Gasteiger partial charge in [-0.1, -0.05) is 0 Å². The number of piperazine rings is 1. The zero-order valence-corrected chi connectivity index (χ0v) is 15.7. The molecular formula is C20H25N5O2. The second kappa shape index (κ2) is 6.25. The van der Waals surface area contributed by atoms with Crippen molar-refractivity contribution in [2.45, 2.75) is 31.6 Å². The van der Waals surface area contributed by atoms with Gasteiger partial charge in [-0.05, 0) is 49.3 Å². The summed E-state index contributed by atoms with van der Waals surface area (Å²) in [5.74, 6) is 0.801. The Hall–Kier alpha value is -2.57. The van der Waals surface area contributed by atoms with E-state index in [0.717, 1.165) is 29.8 Å². The number of imidazole rings is 1. The number of aryl methyl sites for hydroxylation is 1. The number of nitrogens with zero attached hydrogens (tertiary/aromatic N) is 4. The van der Waals surface area contributed by atoms with E-state index in [9.17, 15) is 9.59 Å². The summed E-state index contributed by atoms with van der Waals surface area (Å²) in [5.41, 5.74) is 4.46. The highest BCUT2D eigenvalue weighted by atomic mass is 16.2. The van der Waals surface area contributed by atoms with Gasteiger partial charge in [-0.15, -0.1) is 0 Å². The first kappa shape index (κ1) is 16.6. The lowest BCUT2D eigenvalue weighted by Gasteiger charge is -2.26. The average molecular weight is 367 g/mol. The van der Waals surface area contributed by atoms with Gasteiger partial charge in [0.15, 0.2) is 5.82 Å². The number of fused-ring (bicyclic) bond motifs is 1. The van der Waals surface area contributed by atoms with Crippen molar-refractivity contribution in [3.05, 3.63) is 23.5 Å². The normalized spacial score (nSPS) is 20.4. The molecule has 3 aliphatic rings. The van der Waals surface area contributed by atoms with Gasteiger partial charge in [-0.3, -0.25) is 9.59 Å². The Morgan fingerprint density at radius 1 is 1.19 bits per heavy atom. The van der Waals surface area contributed by atoms with Crippen molar-refractivity contribution in [2.75, 3.05) is 37.6 Å². The Kier molecular flexibility index (Phi) is 3.84. The number of amides is 2. The van der Waals surface area contributed by atoms with E-state index in [-0.39, 0.29) is 18.4 Å². The Labute approximate surface area is 158 Å². The van der Waals surface area contributed by atoms with E-state index in [1.807, 2.05) is 11.6 Å². The number of hydrogen-bond donors (Lipinski definition) is 1. The number of rotatable bonds is 3. The van der Waals surface area contributed by atoms with Crippen molar-refractivity contribution in [2.24, 2.45) is 7.05 Å². The van der Waals surface area contributed by atoms with Gasteiger partial charge in [0.05, 0.1) is 11.2 Å². The summed E-state index contributed by atoms with van der Waals surface area (Å²) in [6, 6.07) is 4.50. The Balaban J connectivity index is 1.59. The molecule has 1 N–H and O–H groups in total. The van der Waals surface area contributed by atoms with Gasteiger partial charge in [0.1, 0.15) is 12.1 Å². The monoisotopic (exact) mass is 367 g/mol. The van der Waals surface area contributed by atoms with Gasteiger partial charge in [-0.25, -0.2) is 4.98 Å². The average Bonchev–Trinajstić information content (AvgIpc) is 3.28. The lowest BCUT2D eigenvalue weighted by Crippen LogP contribution is -2.50. The lowest BCUT2D eigenvalue weighted by molar-refractivity contribution is -0.123. The van der Waals surface area contributed by atoms with Crippen LogP contribution < -0.4 is 10.2 Å². The largest absolute Gasteiger partial charge is 0.370 e. The van der Waals surface area contributed by atoms with E-state index in [4.69, 9.17) is 4.98 Å². The van der Waals surface area contributed by atoms with Crippen LogP contribution >= 0.6 is 0 Å². The van der Waals surface area contributed by atoms with Crippen LogP contribution in [0.5, 0.6) is 0 Å². The molecule has 3 heterocycles. The predicted octanol–water partition coefficient (Wildman–Crippen LogP) is 1.62. The summed E-state index contributed by atoms with van der Waals surface area (Å²) < 4.78 is 1.91. The molecule has 7 heteroatoms. The summed E-state index contributed by atoms with van der Waals surface area (Å²) in [7, 11) is 1.91. The van der Waals surface area contributed by atoms with E-state index in [1.165, 1.54) is 31.2 Å². The number of nitrogens with one attached hydrogen (secondary N) is 1. The molecule has 1 aliphatic carbocycles. The van der Waals surface area contributed by atoms with Gasteiger partial charge < -0.3 is 19.7 Å². The van der Waals surface area contributed by atoms with Crippen molar-refractivity contribution in [1.82, 2.24) is 19.8 Å². The second-order valence-corrected chi connectivity index (χ2v) is 7.95. The second-order valence-electron chi connectivity index (χ2n) is 7.95. The van der Waals surface area contributed by atoms with Crippen LogP contribution in [-0.4, -0.2) is 59.0 Å². The Bertz CT molecular complexity index is 924. The molecule has 3 fully saturated rings. The van der Waals surface area contributed by atoms with Crippen LogP contribution in [0, 0.1) is 0 Å². The molecule has 2 aromatic rings. The molecule has 1 aromatic carbocycles. The van der Waals surface area contributed by atoms with Crippen molar-refractivity contribution < 1.29 is 9.59 Å². The number of benzene rings is 1. The van der Waals surface area contributed by atoms with Crippen molar-refractivity contribution >= 4 is 28.5 Å². The number of carbonyl (C=O) groups excluding carboxylic acids is 2. The van der Waals surface area contributed by atoms with E-state index in [0.29, 0.717) is 24.8 Å².